The Bertz CT molecular complexity index is 964. The lowest BCUT2D eigenvalue weighted by molar-refractivity contribution is 0.0706. The summed E-state index contributed by atoms with van der Waals surface area (Å²) in [6.07, 6.45) is 3.59. The topological polar surface area (TPSA) is 74.8 Å². The number of aromatic nitrogens is 4. The van der Waals surface area contributed by atoms with Crippen LogP contribution in [0.4, 0.5) is 0 Å². The number of aromatic amines is 1. The maximum atomic E-state index is 12.8. The molecule has 0 aromatic carbocycles. The lowest BCUT2D eigenvalue weighted by Gasteiger charge is -2.31. The van der Waals surface area contributed by atoms with Crippen LogP contribution in [0, 0.1) is 0 Å². The highest BCUT2D eigenvalue weighted by molar-refractivity contribution is 5.92. The molecule has 6 nitrogen and oxygen atoms in total. The maximum absolute atomic E-state index is 12.8. The summed E-state index contributed by atoms with van der Waals surface area (Å²) in [4.78, 5) is 23.8. The Hall–Kier alpha value is -2.76. The molecule has 0 atom stereocenters. The van der Waals surface area contributed by atoms with Gasteiger partial charge in [-0.25, -0.2) is 9.97 Å². The summed E-state index contributed by atoms with van der Waals surface area (Å²) in [5.74, 6) is 0.373. The van der Waals surface area contributed by atoms with Crippen molar-refractivity contribution >= 4 is 16.9 Å². The van der Waals surface area contributed by atoms with Gasteiger partial charge in [0.2, 0.25) is 0 Å². The van der Waals surface area contributed by atoms with E-state index in [0.29, 0.717) is 11.6 Å². The van der Waals surface area contributed by atoms with Crippen LogP contribution in [-0.2, 0) is 5.41 Å². The number of hydrogen-bond acceptors (Lipinski definition) is 4. The molecule has 3 aromatic rings. The summed E-state index contributed by atoms with van der Waals surface area (Å²) < 4.78 is 0. The molecule has 0 bridgehead atoms. The van der Waals surface area contributed by atoms with Gasteiger partial charge in [-0.3, -0.25) is 9.89 Å². The number of amides is 1. The summed E-state index contributed by atoms with van der Waals surface area (Å²) in [7, 11) is 0. The molecule has 27 heavy (non-hydrogen) atoms. The highest BCUT2D eigenvalue weighted by Gasteiger charge is 2.27. The quantitative estimate of drug-likeness (QED) is 0.754. The Balaban J connectivity index is 1.43. The lowest BCUT2D eigenvalue weighted by atomic mass is 9.91. The number of carbonyl (C=O) groups is 1. The molecule has 0 aliphatic carbocycles. The van der Waals surface area contributed by atoms with Gasteiger partial charge in [-0.1, -0.05) is 20.8 Å². The van der Waals surface area contributed by atoms with Gasteiger partial charge in [0.15, 0.2) is 5.65 Å². The average Bonchev–Trinajstić information content (AvgIpc) is 3.18. The third kappa shape index (κ3) is 3.56. The van der Waals surface area contributed by atoms with Crippen LogP contribution in [0.5, 0.6) is 0 Å². The van der Waals surface area contributed by atoms with Crippen LogP contribution in [0.25, 0.3) is 11.0 Å². The van der Waals surface area contributed by atoms with Crippen LogP contribution in [0.15, 0.2) is 36.5 Å². The van der Waals surface area contributed by atoms with E-state index < -0.39 is 0 Å². The molecule has 6 heteroatoms. The van der Waals surface area contributed by atoms with Gasteiger partial charge in [0.25, 0.3) is 5.91 Å². The predicted molar refractivity (Wildman–Crippen MR) is 105 cm³/mol. The van der Waals surface area contributed by atoms with E-state index in [2.05, 4.69) is 48.1 Å². The fourth-order valence-electron chi connectivity index (χ4n) is 3.55. The third-order valence-electron chi connectivity index (χ3n) is 5.29. The van der Waals surface area contributed by atoms with Crippen molar-refractivity contribution in [3.8, 4) is 0 Å². The monoisotopic (exact) mass is 363 g/mol. The van der Waals surface area contributed by atoms with Crippen molar-refractivity contribution in [3.63, 3.8) is 0 Å². The number of carbonyl (C=O) groups excluding carboxylic acids is 1. The van der Waals surface area contributed by atoms with Crippen molar-refractivity contribution in [2.75, 3.05) is 13.1 Å². The van der Waals surface area contributed by atoms with Gasteiger partial charge < -0.3 is 4.90 Å². The molecule has 0 unspecified atom stereocenters. The Kier molecular flexibility index (Phi) is 4.42. The summed E-state index contributed by atoms with van der Waals surface area (Å²) in [5.41, 5.74) is 3.30. The molecule has 0 spiro atoms. The number of piperidine rings is 1. The third-order valence-corrected chi connectivity index (χ3v) is 5.29. The largest absolute Gasteiger partial charge is 0.337 e. The van der Waals surface area contributed by atoms with E-state index >= 15 is 0 Å². The second-order valence-corrected chi connectivity index (χ2v) is 8.27. The zero-order chi connectivity index (χ0) is 19.0. The van der Waals surface area contributed by atoms with E-state index in [9.17, 15) is 4.79 Å². The molecule has 3 aromatic heterocycles. The Morgan fingerprint density at radius 3 is 2.67 bits per heavy atom. The zero-order valence-electron chi connectivity index (χ0n) is 16.1. The first-order valence-corrected chi connectivity index (χ1v) is 9.48. The van der Waals surface area contributed by atoms with Gasteiger partial charge in [-0.05, 0) is 43.2 Å². The minimum absolute atomic E-state index is 0.00772. The summed E-state index contributed by atoms with van der Waals surface area (Å²) >= 11 is 0. The van der Waals surface area contributed by atoms with Crippen LogP contribution in [-0.4, -0.2) is 44.1 Å². The molecule has 1 fully saturated rings. The van der Waals surface area contributed by atoms with E-state index in [-0.39, 0.29) is 11.3 Å². The minimum Gasteiger partial charge on any atom is -0.337 e. The number of likely N-dealkylation sites (tertiary alicyclic amines) is 1. The van der Waals surface area contributed by atoms with Crippen molar-refractivity contribution in [2.24, 2.45) is 0 Å². The predicted octanol–water partition coefficient (Wildman–Crippen LogP) is 3.67. The fraction of sp³-hybridized carbons (Fsp3) is 0.429. The van der Waals surface area contributed by atoms with Crippen molar-refractivity contribution in [1.29, 1.82) is 0 Å². The van der Waals surface area contributed by atoms with Crippen molar-refractivity contribution in [1.82, 2.24) is 25.1 Å². The molecular weight excluding hydrogens is 338 g/mol. The van der Waals surface area contributed by atoms with E-state index in [1.54, 1.807) is 6.20 Å². The molecule has 0 radical (unpaired) electrons. The molecule has 4 rings (SSSR count). The standard InChI is InChI=1S/C21H25N5O/c1-21(2,3)18-13-17(24-25-18)20(27)26-11-8-14(9-12-26)16-7-6-15-5-4-10-22-19(15)23-16/h4-7,10,13-14H,8-9,11-12H2,1-3H3,(H,24,25). The van der Waals surface area contributed by atoms with E-state index in [4.69, 9.17) is 4.98 Å². The SMILES string of the molecule is CC(C)(C)c1cc(C(=O)N2CCC(c3ccc4cccnc4n3)CC2)n[nH]1. The minimum atomic E-state index is -0.0473. The number of nitrogens with one attached hydrogen (secondary N) is 1. The summed E-state index contributed by atoms with van der Waals surface area (Å²) in [6.45, 7) is 7.76. The number of hydrogen-bond donors (Lipinski definition) is 1. The van der Waals surface area contributed by atoms with Crippen LogP contribution in [0.2, 0.25) is 0 Å². The van der Waals surface area contributed by atoms with Crippen LogP contribution in [0.1, 0.15) is 61.4 Å². The second-order valence-electron chi connectivity index (χ2n) is 8.27. The molecule has 4 heterocycles. The average molecular weight is 363 g/mol. The number of H-pyrrole nitrogens is 1. The molecule has 1 aliphatic heterocycles. The van der Waals surface area contributed by atoms with E-state index in [1.165, 1.54) is 0 Å². The molecule has 140 valence electrons. The van der Waals surface area contributed by atoms with Crippen LogP contribution >= 0.6 is 0 Å². The smallest absolute Gasteiger partial charge is 0.274 e. The van der Waals surface area contributed by atoms with Gasteiger partial charge in [0.1, 0.15) is 5.69 Å². The Labute approximate surface area is 159 Å². The molecule has 1 aliphatic rings. The first kappa shape index (κ1) is 17.6. The first-order chi connectivity index (χ1) is 12.9. The van der Waals surface area contributed by atoms with Gasteiger partial charge in [0.05, 0.1) is 0 Å². The molecule has 1 N–H and O–H groups in total. The maximum Gasteiger partial charge on any atom is 0.274 e. The Morgan fingerprint density at radius 2 is 1.96 bits per heavy atom. The van der Waals surface area contributed by atoms with Gasteiger partial charge in [0, 0.05) is 47.4 Å². The van der Waals surface area contributed by atoms with Crippen molar-refractivity contribution in [3.05, 3.63) is 53.6 Å². The van der Waals surface area contributed by atoms with E-state index in [0.717, 1.165) is 48.4 Å². The molecular formula is C21H25N5O. The van der Waals surface area contributed by atoms with Crippen LogP contribution < -0.4 is 0 Å². The van der Waals surface area contributed by atoms with Crippen molar-refractivity contribution in [2.45, 2.75) is 44.9 Å². The van der Waals surface area contributed by atoms with E-state index in [1.807, 2.05) is 23.1 Å². The number of nitrogens with zero attached hydrogens (tertiary/aromatic N) is 4. The molecule has 1 amide bonds. The van der Waals surface area contributed by atoms with Crippen LogP contribution in [0.3, 0.4) is 0 Å². The van der Waals surface area contributed by atoms with Crippen molar-refractivity contribution < 1.29 is 4.79 Å². The number of pyridine rings is 2. The lowest BCUT2D eigenvalue weighted by Crippen LogP contribution is -2.38. The first-order valence-electron chi connectivity index (χ1n) is 9.48. The fourth-order valence-corrected chi connectivity index (χ4v) is 3.55. The molecule has 0 saturated carbocycles. The summed E-state index contributed by atoms with van der Waals surface area (Å²) in [6, 6.07) is 10.0. The highest BCUT2D eigenvalue weighted by atomic mass is 16.2. The number of fused-ring (bicyclic) bond motifs is 1. The highest BCUT2D eigenvalue weighted by Crippen LogP contribution is 2.29. The van der Waals surface area contributed by atoms with Gasteiger partial charge in [-0.15, -0.1) is 0 Å². The normalized spacial score (nSPS) is 16.0. The Morgan fingerprint density at radius 1 is 1.19 bits per heavy atom. The van der Waals surface area contributed by atoms with Gasteiger partial charge in [-0.2, -0.15) is 5.10 Å². The zero-order valence-corrected chi connectivity index (χ0v) is 16.1. The summed E-state index contributed by atoms with van der Waals surface area (Å²) in [5, 5.41) is 8.29. The van der Waals surface area contributed by atoms with Gasteiger partial charge >= 0.3 is 0 Å². The number of rotatable bonds is 2. The second kappa shape index (κ2) is 6.76. The molecule has 1 saturated heterocycles.